The Kier molecular flexibility index (Phi) is 7.77. The molecule has 3 aromatic heterocycles. The average molecular weight is 844 g/mol. The first-order chi connectivity index (χ1) is 32.2. The SMILES string of the molecule is CC1(C)c2ccccc2-c2cc3c4ccccc4n(-c4ccc(C#N)cc4-c4ccc(C#N)c(-c5ccncc5)c4-n4c5ccccc5c5cc6c(cc54)C(C)(C)c4ccccc4-6)c3cc21. The Hall–Kier alpha value is -8.51. The van der Waals surface area contributed by atoms with Crippen molar-refractivity contribution in [3.63, 3.8) is 0 Å². The molecule has 3 heterocycles. The number of aromatic nitrogens is 3. The Labute approximate surface area is 382 Å². The van der Waals surface area contributed by atoms with Crippen molar-refractivity contribution in [2.45, 2.75) is 38.5 Å². The van der Waals surface area contributed by atoms with E-state index in [-0.39, 0.29) is 10.8 Å². The van der Waals surface area contributed by atoms with E-state index in [0.29, 0.717) is 11.1 Å². The number of pyridine rings is 1. The highest BCUT2D eigenvalue weighted by Gasteiger charge is 2.38. The van der Waals surface area contributed by atoms with E-state index in [9.17, 15) is 10.5 Å². The van der Waals surface area contributed by atoms with E-state index in [2.05, 4.69) is 187 Å². The van der Waals surface area contributed by atoms with E-state index < -0.39 is 0 Å². The molecule has 0 atom stereocenters. The number of benzene rings is 8. The zero-order valence-electron chi connectivity index (χ0n) is 37.0. The van der Waals surface area contributed by atoms with Crippen molar-refractivity contribution in [1.29, 1.82) is 10.5 Å². The lowest BCUT2D eigenvalue weighted by atomic mass is 9.82. The van der Waals surface area contributed by atoms with Crippen LogP contribution in [0.25, 0.3) is 99.5 Å². The highest BCUT2D eigenvalue weighted by molar-refractivity contribution is 6.15. The summed E-state index contributed by atoms with van der Waals surface area (Å²) in [6, 6.07) is 63.6. The first kappa shape index (κ1) is 38.0. The molecule has 0 fully saturated rings. The van der Waals surface area contributed by atoms with Crippen LogP contribution in [-0.2, 0) is 10.8 Å². The van der Waals surface area contributed by atoms with Gasteiger partial charge in [0, 0.05) is 61.5 Å². The maximum Gasteiger partial charge on any atom is 0.0998 e. The second kappa shape index (κ2) is 13.5. The van der Waals surface area contributed by atoms with Crippen LogP contribution in [0.5, 0.6) is 0 Å². The molecule has 5 heteroatoms. The van der Waals surface area contributed by atoms with Gasteiger partial charge in [0.1, 0.15) is 0 Å². The minimum atomic E-state index is -0.242. The quantitative estimate of drug-likeness (QED) is 0.177. The number of para-hydroxylation sites is 2. The number of hydrogen-bond donors (Lipinski definition) is 0. The summed E-state index contributed by atoms with van der Waals surface area (Å²) < 4.78 is 4.78. The molecule has 0 spiro atoms. The third-order valence-corrected chi connectivity index (χ3v) is 14.9. The monoisotopic (exact) mass is 843 g/mol. The first-order valence-electron chi connectivity index (χ1n) is 22.6. The normalized spacial score (nSPS) is 14.0. The fraction of sp³-hybridized carbons (Fsp3) is 0.0984. The highest BCUT2D eigenvalue weighted by atomic mass is 15.0. The van der Waals surface area contributed by atoms with Gasteiger partial charge in [-0.2, -0.15) is 10.5 Å². The van der Waals surface area contributed by atoms with Crippen LogP contribution in [0.15, 0.2) is 176 Å². The molecule has 0 saturated heterocycles. The lowest BCUT2D eigenvalue weighted by Crippen LogP contribution is -2.15. The molecule has 0 saturated carbocycles. The van der Waals surface area contributed by atoms with Gasteiger partial charge < -0.3 is 9.13 Å². The third kappa shape index (κ3) is 5.00. The highest BCUT2D eigenvalue weighted by Crippen LogP contribution is 2.54. The Bertz CT molecular complexity index is 4010. The van der Waals surface area contributed by atoms with Gasteiger partial charge in [0.25, 0.3) is 0 Å². The van der Waals surface area contributed by atoms with Crippen LogP contribution in [0.1, 0.15) is 61.1 Å². The molecule has 8 aromatic carbocycles. The number of rotatable bonds is 4. The zero-order valence-corrected chi connectivity index (χ0v) is 37.0. The molecule has 5 nitrogen and oxygen atoms in total. The topological polar surface area (TPSA) is 70.3 Å². The molecule has 0 N–H and O–H groups in total. The van der Waals surface area contributed by atoms with Crippen LogP contribution in [0.4, 0.5) is 0 Å². The molecule has 0 bridgehead atoms. The third-order valence-electron chi connectivity index (χ3n) is 14.9. The van der Waals surface area contributed by atoms with Gasteiger partial charge >= 0.3 is 0 Å². The van der Waals surface area contributed by atoms with E-state index in [0.717, 1.165) is 71.9 Å². The molecule has 11 aromatic rings. The van der Waals surface area contributed by atoms with Crippen molar-refractivity contribution in [3.8, 4) is 68.0 Å². The lowest BCUT2D eigenvalue weighted by Gasteiger charge is -2.24. The number of nitriles is 2. The molecular weight excluding hydrogens is 803 g/mol. The summed E-state index contributed by atoms with van der Waals surface area (Å²) in [6.45, 7) is 9.30. The summed E-state index contributed by atoms with van der Waals surface area (Å²) >= 11 is 0. The van der Waals surface area contributed by atoms with E-state index >= 15 is 0 Å². The maximum atomic E-state index is 11.1. The Morgan fingerprint density at radius 1 is 0.424 bits per heavy atom. The maximum absolute atomic E-state index is 11.1. The molecule has 2 aliphatic carbocycles. The van der Waals surface area contributed by atoms with Gasteiger partial charge in [-0.05, 0) is 123 Å². The van der Waals surface area contributed by atoms with Gasteiger partial charge in [0.05, 0.1) is 56.7 Å². The van der Waals surface area contributed by atoms with Crippen LogP contribution in [0, 0.1) is 22.7 Å². The molecule has 0 unspecified atom stereocenters. The van der Waals surface area contributed by atoms with Gasteiger partial charge in [-0.25, -0.2) is 0 Å². The molecule has 13 rings (SSSR count). The van der Waals surface area contributed by atoms with E-state index in [4.69, 9.17) is 0 Å². The standard InChI is InChI=1S/C61H41N5/c1-60(2)49-17-9-5-13-39(49)44-30-47-41-15-7-11-19-53(41)65(56(47)32-51(44)60)55-24-21-36(34-62)29-46(55)43-23-22-38(35-63)58(37-25-27-64-28-26-37)59(43)66-54-20-12-8-16-42(54)48-31-45-40-14-6-10-18-50(40)61(3,4)52(45)33-57(48)66/h5-33H,1-4H3. The average Bonchev–Trinajstić information content (AvgIpc) is 4.00. The number of nitrogens with zero attached hydrogens (tertiary/aromatic N) is 5. The fourth-order valence-electron chi connectivity index (χ4n) is 11.8. The molecular formula is C61H41N5. The van der Waals surface area contributed by atoms with Gasteiger partial charge in [0.15, 0.2) is 0 Å². The molecule has 0 aliphatic heterocycles. The van der Waals surface area contributed by atoms with Crippen molar-refractivity contribution >= 4 is 43.6 Å². The summed E-state index contributed by atoms with van der Waals surface area (Å²) in [4.78, 5) is 4.42. The van der Waals surface area contributed by atoms with Gasteiger partial charge in [-0.3, -0.25) is 4.98 Å². The fourth-order valence-corrected chi connectivity index (χ4v) is 11.8. The molecule has 310 valence electrons. The Morgan fingerprint density at radius 2 is 0.970 bits per heavy atom. The first-order valence-corrected chi connectivity index (χ1v) is 22.6. The zero-order chi connectivity index (χ0) is 44.6. The van der Waals surface area contributed by atoms with E-state index in [1.807, 2.05) is 30.3 Å². The van der Waals surface area contributed by atoms with Crippen molar-refractivity contribution in [2.24, 2.45) is 0 Å². The molecule has 66 heavy (non-hydrogen) atoms. The number of hydrogen-bond acceptors (Lipinski definition) is 3. The van der Waals surface area contributed by atoms with Crippen LogP contribution in [0.3, 0.4) is 0 Å². The lowest BCUT2D eigenvalue weighted by molar-refractivity contribution is 0.661. The van der Waals surface area contributed by atoms with Crippen molar-refractivity contribution in [1.82, 2.24) is 14.1 Å². The second-order valence-electron chi connectivity index (χ2n) is 19.0. The van der Waals surface area contributed by atoms with Crippen LogP contribution >= 0.6 is 0 Å². The van der Waals surface area contributed by atoms with E-state index in [1.54, 1.807) is 12.4 Å². The van der Waals surface area contributed by atoms with Crippen LogP contribution < -0.4 is 0 Å². The van der Waals surface area contributed by atoms with Crippen molar-refractivity contribution in [2.75, 3.05) is 0 Å². The molecule has 0 amide bonds. The largest absolute Gasteiger partial charge is 0.309 e. The summed E-state index contributed by atoms with van der Waals surface area (Å²) in [7, 11) is 0. The molecule has 0 radical (unpaired) electrons. The Balaban J connectivity index is 1.18. The summed E-state index contributed by atoms with van der Waals surface area (Å²) in [6.07, 6.45) is 3.59. The van der Waals surface area contributed by atoms with Crippen LogP contribution in [-0.4, -0.2) is 14.1 Å². The number of fused-ring (bicyclic) bond motifs is 12. The Morgan fingerprint density at radius 3 is 1.56 bits per heavy atom. The van der Waals surface area contributed by atoms with Crippen molar-refractivity contribution < 1.29 is 0 Å². The van der Waals surface area contributed by atoms with E-state index in [1.165, 1.54) is 49.9 Å². The minimum absolute atomic E-state index is 0.207. The predicted octanol–water partition coefficient (Wildman–Crippen LogP) is 15.0. The molecule has 2 aliphatic rings. The summed E-state index contributed by atoms with van der Waals surface area (Å²) in [5, 5.41) is 26.3. The summed E-state index contributed by atoms with van der Waals surface area (Å²) in [5.74, 6) is 0. The predicted molar refractivity (Wildman–Crippen MR) is 268 cm³/mol. The summed E-state index contributed by atoms with van der Waals surface area (Å²) in [5.41, 5.74) is 20.4. The smallest absolute Gasteiger partial charge is 0.0998 e. The second-order valence-corrected chi connectivity index (χ2v) is 19.0. The van der Waals surface area contributed by atoms with Crippen molar-refractivity contribution in [3.05, 3.63) is 210 Å². The van der Waals surface area contributed by atoms with Gasteiger partial charge in [-0.15, -0.1) is 0 Å². The van der Waals surface area contributed by atoms with Crippen LogP contribution in [0.2, 0.25) is 0 Å². The minimum Gasteiger partial charge on any atom is -0.309 e. The van der Waals surface area contributed by atoms with Gasteiger partial charge in [0.2, 0.25) is 0 Å². The van der Waals surface area contributed by atoms with Gasteiger partial charge in [-0.1, -0.05) is 119 Å².